The molecular formula is C30H39N7O4Si. The van der Waals surface area contributed by atoms with E-state index in [-0.39, 0.29) is 18.9 Å². The molecule has 4 rings (SSSR count). The number of aromatic nitrogens is 6. The monoisotopic (exact) mass is 589 g/mol. The lowest BCUT2D eigenvalue weighted by atomic mass is 10.0. The fraction of sp³-hybridized carbons (Fsp3) is 0.400. The van der Waals surface area contributed by atoms with Gasteiger partial charge >= 0.3 is 6.09 Å². The van der Waals surface area contributed by atoms with Crippen LogP contribution in [0.4, 0.5) is 4.79 Å². The summed E-state index contributed by atoms with van der Waals surface area (Å²) in [6, 6.07) is 17.7. The number of ether oxygens (including phenoxy) is 2. The summed E-state index contributed by atoms with van der Waals surface area (Å²) < 4.78 is 13.2. The van der Waals surface area contributed by atoms with E-state index >= 15 is 0 Å². The van der Waals surface area contributed by atoms with E-state index in [4.69, 9.17) is 9.47 Å². The van der Waals surface area contributed by atoms with E-state index in [0.29, 0.717) is 25.4 Å². The van der Waals surface area contributed by atoms with Gasteiger partial charge in [0.25, 0.3) is 0 Å². The largest absolute Gasteiger partial charge is 0.445 e. The van der Waals surface area contributed by atoms with Crippen LogP contribution < -0.4 is 5.32 Å². The zero-order valence-corrected chi connectivity index (χ0v) is 25.7. The van der Waals surface area contributed by atoms with Crippen molar-refractivity contribution in [2.75, 3.05) is 6.61 Å². The second kappa shape index (κ2) is 14.6. The zero-order valence-electron chi connectivity index (χ0n) is 24.7. The van der Waals surface area contributed by atoms with Gasteiger partial charge in [-0.15, -0.1) is 10.2 Å². The fourth-order valence-electron chi connectivity index (χ4n) is 4.24. The van der Waals surface area contributed by atoms with E-state index in [9.17, 15) is 9.59 Å². The van der Waals surface area contributed by atoms with Gasteiger partial charge in [-0.2, -0.15) is 4.80 Å². The first-order valence-corrected chi connectivity index (χ1v) is 17.9. The van der Waals surface area contributed by atoms with Crippen LogP contribution in [0, 0.1) is 0 Å². The van der Waals surface area contributed by atoms with Crippen LogP contribution in [0.5, 0.6) is 0 Å². The summed E-state index contributed by atoms with van der Waals surface area (Å²) in [6.07, 6.45) is 3.85. The molecule has 0 saturated carbocycles. The topological polar surface area (TPSA) is 126 Å². The minimum atomic E-state index is -1.17. The molecule has 0 aliphatic rings. The highest BCUT2D eigenvalue weighted by Gasteiger charge is 2.22. The molecule has 0 saturated heterocycles. The summed E-state index contributed by atoms with van der Waals surface area (Å²) >= 11 is 0. The number of carbonyl (C=O) groups is 2. The average Bonchev–Trinajstić information content (AvgIpc) is 3.62. The molecule has 0 bridgehead atoms. The Balaban J connectivity index is 1.34. The number of imidazole rings is 1. The van der Waals surface area contributed by atoms with Crippen molar-refractivity contribution in [2.45, 2.75) is 71.4 Å². The molecular weight excluding hydrogens is 550 g/mol. The van der Waals surface area contributed by atoms with Crippen LogP contribution in [0.1, 0.15) is 30.3 Å². The number of hydrogen-bond donors (Lipinski definition) is 1. The van der Waals surface area contributed by atoms with Crippen molar-refractivity contribution in [2.24, 2.45) is 0 Å². The van der Waals surface area contributed by atoms with Gasteiger partial charge in [-0.1, -0.05) is 81.2 Å². The fourth-order valence-corrected chi connectivity index (χ4v) is 5.00. The summed E-state index contributed by atoms with van der Waals surface area (Å²) in [5, 5.41) is 15.3. The number of rotatable bonds is 15. The predicted octanol–water partition coefficient (Wildman–Crippen LogP) is 4.71. The van der Waals surface area contributed by atoms with Crippen molar-refractivity contribution in [1.29, 1.82) is 0 Å². The molecule has 0 aliphatic heterocycles. The number of hydrogen-bond acceptors (Lipinski definition) is 8. The van der Waals surface area contributed by atoms with Crippen molar-refractivity contribution < 1.29 is 19.1 Å². The normalized spacial score (nSPS) is 12.2. The van der Waals surface area contributed by atoms with Gasteiger partial charge in [0, 0.05) is 39.1 Å². The highest BCUT2D eigenvalue weighted by Crippen LogP contribution is 2.24. The SMILES string of the molecule is CCC(NC(=O)OCc1ccccc1)C(=O)Cn1nnc(Cc2ccccc2-c2nccn2COCC[Si](C)(C)C)n1. The van der Waals surface area contributed by atoms with E-state index in [1.807, 2.05) is 72.3 Å². The van der Waals surface area contributed by atoms with E-state index < -0.39 is 20.2 Å². The van der Waals surface area contributed by atoms with Gasteiger partial charge in [-0.3, -0.25) is 4.79 Å². The molecule has 1 unspecified atom stereocenters. The third-order valence-corrected chi connectivity index (χ3v) is 8.35. The number of ketones is 1. The van der Waals surface area contributed by atoms with Crippen LogP contribution in [-0.4, -0.2) is 62.4 Å². The smallest absolute Gasteiger partial charge is 0.408 e. The lowest BCUT2D eigenvalue weighted by Gasteiger charge is -2.16. The van der Waals surface area contributed by atoms with E-state index in [1.54, 1.807) is 6.20 Å². The van der Waals surface area contributed by atoms with Gasteiger partial charge in [-0.25, -0.2) is 9.78 Å². The maximum Gasteiger partial charge on any atom is 0.408 e. The predicted molar refractivity (Wildman–Crippen MR) is 161 cm³/mol. The van der Waals surface area contributed by atoms with Crippen LogP contribution >= 0.6 is 0 Å². The van der Waals surface area contributed by atoms with Crippen LogP contribution in [0.15, 0.2) is 67.0 Å². The Bertz CT molecular complexity index is 1450. The molecule has 1 amide bonds. The highest BCUT2D eigenvalue weighted by molar-refractivity contribution is 6.76. The number of benzene rings is 2. The molecule has 1 N–H and O–H groups in total. The quantitative estimate of drug-likeness (QED) is 0.156. The molecule has 222 valence electrons. The lowest BCUT2D eigenvalue weighted by Crippen LogP contribution is -2.42. The molecule has 1 atom stereocenters. The molecule has 2 heterocycles. The number of nitrogens with zero attached hydrogens (tertiary/aromatic N) is 6. The first kappa shape index (κ1) is 30.8. The summed E-state index contributed by atoms with van der Waals surface area (Å²) in [5.74, 6) is 1.04. The van der Waals surface area contributed by atoms with Crippen LogP contribution in [-0.2, 0) is 40.6 Å². The Morgan fingerprint density at radius 1 is 1.05 bits per heavy atom. The standard InChI is InChI=1S/C30H39N7O4Si/c1-5-26(32-30(39)41-21-23-11-7-6-8-12-23)27(38)20-37-34-28(33-35-37)19-24-13-9-10-14-25(24)29-31-15-16-36(29)22-40-17-18-42(2,3)4/h6-16,26H,5,17-22H2,1-4H3,(H,32,39). The van der Waals surface area contributed by atoms with Gasteiger partial charge in [0.1, 0.15) is 25.7 Å². The second-order valence-electron chi connectivity index (χ2n) is 11.3. The van der Waals surface area contributed by atoms with Crippen molar-refractivity contribution in [1.82, 2.24) is 35.1 Å². The van der Waals surface area contributed by atoms with Crippen molar-refractivity contribution in [3.05, 3.63) is 83.9 Å². The number of carbonyl (C=O) groups excluding carboxylic acids is 2. The van der Waals surface area contributed by atoms with Gasteiger partial charge < -0.3 is 19.4 Å². The summed E-state index contributed by atoms with van der Waals surface area (Å²) in [7, 11) is -1.17. The maximum absolute atomic E-state index is 12.9. The van der Waals surface area contributed by atoms with E-state index in [1.165, 1.54) is 4.80 Å². The second-order valence-corrected chi connectivity index (χ2v) is 16.9. The Kier molecular flexibility index (Phi) is 10.7. The highest BCUT2D eigenvalue weighted by atomic mass is 28.3. The summed E-state index contributed by atoms with van der Waals surface area (Å²) in [6.45, 7) is 9.97. The Hall–Kier alpha value is -4.16. The molecule has 0 fully saturated rings. The molecule has 2 aromatic heterocycles. The molecule has 0 aliphatic carbocycles. The van der Waals surface area contributed by atoms with E-state index in [2.05, 4.69) is 45.4 Å². The number of tetrazole rings is 1. The molecule has 2 aromatic carbocycles. The first-order chi connectivity index (χ1) is 20.2. The first-order valence-electron chi connectivity index (χ1n) is 14.2. The molecule has 0 spiro atoms. The van der Waals surface area contributed by atoms with Crippen LogP contribution in [0.3, 0.4) is 0 Å². The zero-order chi connectivity index (χ0) is 30.0. The number of alkyl carbamates (subject to hydrolysis) is 1. The Morgan fingerprint density at radius 2 is 1.81 bits per heavy atom. The number of nitrogens with one attached hydrogen (secondary N) is 1. The van der Waals surface area contributed by atoms with Crippen molar-refractivity contribution >= 4 is 20.0 Å². The summed E-state index contributed by atoms with van der Waals surface area (Å²) in [4.78, 5) is 31.0. The van der Waals surface area contributed by atoms with Gasteiger partial charge in [0.05, 0.1) is 6.04 Å². The molecule has 0 radical (unpaired) electrons. The van der Waals surface area contributed by atoms with Gasteiger partial charge in [0.15, 0.2) is 11.6 Å². The summed E-state index contributed by atoms with van der Waals surface area (Å²) in [5.41, 5.74) is 2.79. The Labute approximate surface area is 247 Å². The van der Waals surface area contributed by atoms with Gasteiger partial charge in [-0.05, 0) is 28.8 Å². The van der Waals surface area contributed by atoms with E-state index in [0.717, 1.165) is 35.2 Å². The third kappa shape index (κ3) is 9.18. The minimum absolute atomic E-state index is 0.120. The Morgan fingerprint density at radius 3 is 2.57 bits per heavy atom. The minimum Gasteiger partial charge on any atom is -0.445 e. The van der Waals surface area contributed by atoms with Crippen LogP contribution in [0.25, 0.3) is 11.4 Å². The molecule has 11 nitrogen and oxygen atoms in total. The van der Waals surface area contributed by atoms with Gasteiger partial charge in [0.2, 0.25) is 0 Å². The number of amides is 1. The molecule has 42 heavy (non-hydrogen) atoms. The third-order valence-electron chi connectivity index (χ3n) is 6.64. The maximum atomic E-state index is 12.9. The molecule has 12 heteroatoms. The molecule has 4 aromatic rings. The average molecular weight is 590 g/mol. The van der Waals surface area contributed by atoms with Crippen molar-refractivity contribution in [3.63, 3.8) is 0 Å². The lowest BCUT2D eigenvalue weighted by molar-refractivity contribution is -0.122. The number of Topliss-reactive ketones (excluding diaryl/α,β-unsaturated/α-hetero) is 1. The van der Waals surface area contributed by atoms with Crippen LogP contribution in [0.2, 0.25) is 25.7 Å². The van der Waals surface area contributed by atoms with Crippen molar-refractivity contribution in [3.8, 4) is 11.4 Å².